The summed E-state index contributed by atoms with van der Waals surface area (Å²) in [6.45, 7) is 0. The van der Waals surface area contributed by atoms with E-state index in [0.717, 1.165) is 0 Å². The summed E-state index contributed by atoms with van der Waals surface area (Å²) in [6, 6.07) is 2.70. The summed E-state index contributed by atoms with van der Waals surface area (Å²) in [5.41, 5.74) is 5.20. The van der Waals surface area contributed by atoms with Gasteiger partial charge in [0.25, 0.3) is 5.95 Å². The van der Waals surface area contributed by atoms with Crippen LogP contribution in [0.25, 0.3) is 17.3 Å². The number of nitrogens with zero attached hydrogens (tertiary/aromatic N) is 5. The van der Waals surface area contributed by atoms with E-state index in [-0.39, 0.29) is 23.3 Å². The molecule has 0 fully saturated rings. The van der Waals surface area contributed by atoms with Crippen molar-refractivity contribution in [2.75, 3.05) is 5.73 Å². The van der Waals surface area contributed by atoms with Crippen LogP contribution < -0.4 is 5.73 Å². The fourth-order valence-electron chi connectivity index (χ4n) is 1.68. The van der Waals surface area contributed by atoms with Gasteiger partial charge in [0.05, 0.1) is 5.56 Å². The minimum atomic E-state index is -1.30. The maximum atomic E-state index is 13.8. The number of halogens is 3. The van der Waals surface area contributed by atoms with Crippen LogP contribution in [0.5, 0.6) is 0 Å². The largest absolute Gasteiger partial charge is 0.368 e. The highest BCUT2D eigenvalue weighted by molar-refractivity contribution is 5.57. The van der Waals surface area contributed by atoms with Gasteiger partial charge in [0, 0.05) is 18.5 Å². The molecule has 0 amide bonds. The Kier molecular flexibility index (Phi) is 3.01. The number of benzene rings is 1. The zero-order valence-corrected chi connectivity index (χ0v) is 10.3. The first kappa shape index (κ1) is 13.0. The van der Waals surface area contributed by atoms with E-state index in [2.05, 4.69) is 20.1 Å². The van der Waals surface area contributed by atoms with Crippen LogP contribution in [-0.4, -0.2) is 24.7 Å². The molecular formula is C12H7F3N6. The van der Waals surface area contributed by atoms with E-state index < -0.39 is 17.5 Å². The number of rotatable bonds is 2. The van der Waals surface area contributed by atoms with Gasteiger partial charge in [-0.1, -0.05) is 0 Å². The molecule has 3 aromatic rings. The quantitative estimate of drug-likeness (QED) is 0.727. The van der Waals surface area contributed by atoms with Crippen molar-refractivity contribution in [2.24, 2.45) is 0 Å². The summed E-state index contributed by atoms with van der Waals surface area (Å²) >= 11 is 0. The normalized spacial score (nSPS) is 10.8. The lowest BCUT2D eigenvalue weighted by molar-refractivity contribution is 0.496. The van der Waals surface area contributed by atoms with Gasteiger partial charge in [0.1, 0.15) is 5.82 Å². The van der Waals surface area contributed by atoms with Crippen LogP contribution >= 0.6 is 0 Å². The number of hydrogen-bond donors (Lipinski definition) is 1. The molecule has 0 aliphatic rings. The van der Waals surface area contributed by atoms with Gasteiger partial charge in [-0.25, -0.2) is 17.9 Å². The van der Waals surface area contributed by atoms with Crippen LogP contribution in [0.3, 0.4) is 0 Å². The third-order valence-electron chi connectivity index (χ3n) is 2.60. The molecule has 6 nitrogen and oxygen atoms in total. The lowest BCUT2D eigenvalue weighted by Crippen LogP contribution is -2.08. The molecule has 1 aromatic carbocycles. The van der Waals surface area contributed by atoms with E-state index in [1.165, 1.54) is 10.9 Å². The zero-order valence-electron chi connectivity index (χ0n) is 10.3. The van der Waals surface area contributed by atoms with E-state index >= 15 is 0 Å². The number of nitrogen functional groups attached to an aromatic ring is 1. The Hall–Kier alpha value is -2.97. The van der Waals surface area contributed by atoms with E-state index in [1.807, 2.05) is 0 Å². The van der Waals surface area contributed by atoms with Crippen molar-refractivity contribution in [2.45, 2.75) is 0 Å². The summed E-state index contributed by atoms with van der Waals surface area (Å²) in [6.07, 6.45) is 3.03. The van der Waals surface area contributed by atoms with Crippen LogP contribution in [0.15, 0.2) is 30.6 Å². The van der Waals surface area contributed by atoms with E-state index in [4.69, 9.17) is 5.73 Å². The average molecular weight is 292 g/mol. The minimum absolute atomic E-state index is 0.0339. The van der Waals surface area contributed by atoms with Gasteiger partial charge in [-0.2, -0.15) is 20.1 Å². The molecule has 9 heteroatoms. The van der Waals surface area contributed by atoms with Crippen molar-refractivity contribution in [3.05, 3.63) is 48.0 Å². The van der Waals surface area contributed by atoms with Crippen molar-refractivity contribution in [1.82, 2.24) is 24.7 Å². The molecule has 0 unspecified atom stereocenters. The summed E-state index contributed by atoms with van der Waals surface area (Å²) in [4.78, 5) is 11.5. The molecule has 106 valence electrons. The molecule has 2 N–H and O–H groups in total. The molecule has 0 aliphatic heterocycles. The lowest BCUT2D eigenvalue weighted by atomic mass is 10.2. The van der Waals surface area contributed by atoms with Crippen LogP contribution in [0.1, 0.15) is 0 Å². The first-order valence-electron chi connectivity index (χ1n) is 5.71. The maximum absolute atomic E-state index is 13.8. The van der Waals surface area contributed by atoms with E-state index in [0.29, 0.717) is 12.1 Å². The predicted octanol–water partition coefficient (Wildman–Crippen LogP) is 1.72. The van der Waals surface area contributed by atoms with Crippen molar-refractivity contribution >= 4 is 5.95 Å². The second-order valence-electron chi connectivity index (χ2n) is 4.01. The van der Waals surface area contributed by atoms with Gasteiger partial charge in [-0.15, -0.1) is 0 Å². The molecule has 0 aliphatic carbocycles. The molecule has 2 heterocycles. The Bertz CT molecular complexity index is 803. The fraction of sp³-hybridized carbons (Fsp3) is 0. The Morgan fingerprint density at radius 1 is 0.952 bits per heavy atom. The van der Waals surface area contributed by atoms with Crippen LogP contribution in [0.4, 0.5) is 19.1 Å². The van der Waals surface area contributed by atoms with Crippen LogP contribution in [-0.2, 0) is 0 Å². The van der Waals surface area contributed by atoms with Crippen molar-refractivity contribution in [3.8, 4) is 17.3 Å². The van der Waals surface area contributed by atoms with Gasteiger partial charge in [0.15, 0.2) is 17.5 Å². The average Bonchev–Trinajstić information content (AvgIpc) is 2.96. The monoisotopic (exact) mass is 292 g/mol. The molecular weight excluding hydrogens is 285 g/mol. The van der Waals surface area contributed by atoms with Crippen LogP contribution in [0.2, 0.25) is 0 Å². The number of aromatic nitrogens is 5. The maximum Gasteiger partial charge on any atom is 0.255 e. The molecule has 0 saturated carbocycles. The molecule has 2 aromatic heterocycles. The standard InChI is InChI=1S/C12H7F3N6/c13-7-5-9(15)8(14)4-6(7)10-18-11(16)20-12(19-10)21-3-1-2-17-21/h1-5H,(H2,16,18,19,20). The highest BCUT2D eigenvalue weighted by Gasteiger charge is 2.16. The summed E-state index contributed by atoms with van der Waals surface area (Å²) in [5.74, 6) is -3.91. The Morgan fingerprint density at radius 2 is 1.71 bits per heavy atom. The molecule has 0 atom stereocenters. The summed E-state index contributed by atoms with van der Waals surface area (Å²) < 4.78 is 41.2. The second-order valence-corrected chi connectivity index (χ2v) is 4.01. The van der Waals surface area contributed by atoms with Crippen LogP contribution in [0, 0.1) is 17.5 Å². The zero-order chi connectivity index (χ0) is 15.0. The van der Waals surface area contributed by atoms with Gasteiger partial charge in [-0.3, -0.25) is 0 Å². The highest BCUT2D eigenvalue weighted by atomic mass is 19.2. The third kappa shape index (κ3) is 2.40. The number of nitrogens with two attached hydrogens (primary N) is 1. The fourth-order valence-corrected chi connectivity index (χ4v) is 1.68. The number of hydrogen-bond acceptors (Lipinski definition) is 5. The molecule has 0 saturated heterocycles. The topological polar surface area (TPSA) is 82.5 Å². The molecule has 0 spiro atoms. The van der Waals surface area contributed by atoms with Gasteiger partial charge < -0.3 is 5.73 Å². The molecule has 3 rings (SSSR count). The Labute approximate surface area is 116 Å². The highest BCUT2D eigenvalue weighted by Crippen LogP contribution is 2.23. The smallest absolute Gasteiger partial charge is 0.255 e. The third-order valence-corrected chi connectivity index (χ3v) is 2.60. The van der Waals surface area contributed by atoms with E-state index in [1.54, 1.807) is 12.3 Å². The summed E-state index contributed by atoms with van der Waals surface area (Å²) in [7, 11) is 0. The first-order chi connectivity index (χ1) is 10.0. The lowest BCUT2D eigenvalue weighted by Gasteiger charge is -2.06. The van der Waals surface area contributed by atoms with Gasteiger partial charge in [-0.05, 0) is 12.1 Å². The number of anilines is 1. The molecule has 21 heavy (non-hydrogen) atoms. The van der Waals surface area contributed by atoms with Crippen molar-refractivity contribution < 1.29 is 13.2 Å². The summed E-state index contributed by atoms with van der Waals surface area (Å²) in [5, 5.41) is 3.90. The predicted molar refractivity (Wildman–Crippen MR) is 66.7 cm³/mol. The van der Waals surface area contributed by atoms with Gasteiger partial charge >= 0.3 is 0 Å². The molecule has 0 bridgehead atoms. The Balaban J connectivity index is 2.17. The van der Waals surface area contributed by atoms with Crippen molar-refractivity contribution in [1.29, 1.82) is 0 Å². The van der Waals surface area contributed by atoms with Crippen molar-refractivity contribution in [3.63, 3.8) is 0 Å². The second kappa shape index (κ2) is 4.85. The van der Waals surface area contributed by atoms with E-state index in [9.17, 15) is 13.2 Å². The van der Waals surface area contributed by atoms with Gasteiger partial charge in [0.2, 0.25) is 5.95 Å². The molecule has 0 radical (unpaired) electrons. The minimum Gasteiger partial charge on any atom is -0.368 e. The SMILES string of the molecule is Nc1nc(-c2cc(F)c(F)cc2F)nc(-n2cccn2)n1. The first-order valence-corrected chi connectivity index (χ1v) is 5.71. The Morgan fingerprint density at radius 3 is 2.43 bits per heavy atom.